The highest BCUT2D eigenvalue weighted by atomic mass is 16.5. The van der Waals surface area contributed by atoms with Crippen LogP contribution < -0.4 is 5.32 Å². The van der Waals surface area contributed by atoms with Gasteiger partial charge in [-0.1, -0.05) is 23.4 Å². The highest BCUT2D eigenvalue weighted by Gasteiger charge is 2.08. The molecule has 0 amide bonds. The van der Waals surface area contributed by atoms with Crippen LogP contribution in [-0.2, 0) is 6.54 Å². The molecule has 2 heterocycles. The Balaban J connectivity index is 1.83. The predicted octanol–water partition coefficient (Wildman–Crippen LogP) is 3.09. The second-order valence-corrected chi connectivity index (χ2v) is 4.69. The Bertz CT molecular complexity index is 700. The van der Waals surface area contributed by atoms with E-state index in [1.54, 1.807) is 0 Å². The van der Waals surface area contributed by atoms with Crippen molar-refractivity contribution in [2.45, 2.75) is 20.4 Å². The van der Waals surface area contributed by atoms with Gasteiger partial charge in [0.05, 0.1) is 12.2 Å². The highest BCUT2D eigenvalue weighted by molar-refractivity contribution is 5.43. The third kappa shape index (κ3) is 2.56. The number of nitrogens with one attached hydrogen (secondary N) is 1. The molecule has 1 aromatic carbocycles. The van der Waals surface area contributed by atoms with Crippen molar-refractivity contribution in [3.63, 3.8) is 0 Å². The minimum atomic E-state index is 0.584. The number of anilines is 1. The molecule has 0 aliphatic carbocycles. The number of hydrogen-bond donors (Lipinski definition) is 1. The van der Waals surface area contributed by atoms with Crippen LogP contribution in [0.2, 0.25) is 0 Å². The number of para-hydroxylation sites is 1. The van der Waals surface area contributed by atoms with Crippen molar-refractivity contribution in [3.8, 4) is 5.69 Å². The van der Waals surface area contributed by atoms with Crippen molar-refractivity contribution in [3.05, 3.63) is 59.7 Å². The van der Waals surface area contributed by atoms with Gasteiger partial charge in [-0.2, -0.15) is 0 Å². The van der Waals surface area contributed by atoms with Crippen LogP contribution >= 0.6 is 0 Å². The van der Waals surface area contributed by atoms with Crippen LogP contribution in [0, 0.1) is 13.8 Å². The normalized spacial score (nSPS) is 10.7. The topological polar surface area (TPSA) is 55.9 Å². The maximum absolute atomic E-state index is 5.06. The molecule has 0 aliphatic heterocycles. The summed E-state index contributed by atoms with van der Waals surface area (Å²) in [6, 6.07) is 12.0. The lowest BCUT2D eigenvalue weighted by atomic mass is 10.3. The maximum atomic E-state index is 5.06. The average molecular weight is 268 g/mol. The van der Waals surface area contributed by atoms with Gasteiger partial charge in [-0.15, -0.1) is 0 Å². The Hall–Kier alpha value is -2.56. The zero-order valence-electron chi connectivity index (χ0n) is 11.5. The molecule has 2 aromatic heterocycles. The zero-order valence-corrected chi connectivity index (χ0v) is 11.5. The first-order chi connectivity index (χ1) is 9.72. The minimum absolute atomic E-state index is 0.584. The second kappa shape index (κ2) is 5.21. The summed E-state index contributed by atoms with van der Waals surface area (Å²) >= 11 is 0. The molecular formula is C15H16N4O. The summed E-state index contributed by atoms with van der Waals surface area (Å²) in [5, 5.41) is 7.26. The van der Waals surface area contributed by atoms with Gasteiger partial charge in [0.25, 0.3) is 0 Å². The monoisotopic (exact) mass is 268 g/mol. The Morgan fingerprint density at radius 1 is 1.20 bits per heavy atom. The molecule has 5 heteroatoms. The van der Waals surface area contributed by atoms with Crippen LogP contribution in [0.5, 0.6) is 0 Å². The second-order valence-electron chi connectivity index (χ2n) is 4.69. The van der Waals surface area contributed by atoms with Crippen molar-refractivity contribution >= 4 is 5.95 Å². The van der Waals surface area contributed by atoms with E-state index in [9.17, 15) is 0 Å². The van der Waals surface area contributed by atoms with Crippen molar-refractivity contribution in [2.75, 3.05) is 5.32 Å². The van der Waals surface area contributed by atoms with E-state index in [1.807, 2.05) is 61.0 Å². The van der Waals surface area contributed by atoms with Crippen LogP contribution in [-0.4, -0.2) is 14.7 Å². The number of hydrogen-bond acceptors (Lipinski definition) is 4. The van der Waals surface area contributed by atoms with Crippen LogP contribution in [0.25, 0.3) is 5.69 Å². The SMILES string of the molecule is Cc1cn(-c2ccccc2)c(NCc2cc(C)on2)n1. The van der Waals surface area contributed by atoms with E-state index in [0.29, 0.717) is 6.54 Å². The molecule has 3 rings (SSSR count). The molecule has 0 saturated carbocycles. The van der Waals surface area contributed by atoms with E-state index in [4.69, 9.17) is 4.52 Å². The van der Waals surface area contributed by atoms with Crippen LogP contribution in [0.15, 0.2) is 47.1 Å². The number of rotatable bonds is 4. The van der Waals surface area contributed by atoms with E-state index in [0.717, 1.165) is 28.8 Å². The van der Waals surface area contributed by atoms with Crippen molar-refractivity contribution in [1.29, 1.82) is 0 Å². The lowest BCUT2D eigenvalue weighted by Crippen LogP contribution is -2.06. The van der Waals surface area contributed by atoms with Crippen molar-refractivity contribution < 1.29 is 4.52 Å². The largest absolute Gasteiger partial charge is 0.361 e. The minimum Gasteiger partial charge on any atom is -0.361 e. The number of aromatic nitrogens is 3. The summed E-state index contributed by atoms with van der Waals surface area (Å²) in [7, 11) is 0. The quantitative estimate of drug-likeness (QED) is 0.790. The highest BCUT2D eigenvalue weighted by Crippen LogP contribution is 2.17. The van der Waals surface area contributed by atoms with E-state index >= 15 is 0 Å². The molecule has 0 fully saturated rings. The summed E-state index contributed by atoms with van der Waals surface area (Å²) in [4.78, 5) is 4.50. The van der Waals surface area contributed by atoms with Gasteiger partial charge in [-0.3, -0.25) is 4.57 Å². The Kier molecular flexibility index (Phi) is 3.25. The van der Waals surface area contributed by atoms with Crippen molar-refractivity contribution in [1.82, 2.24) is 14.7 Å². The van der Waals surface area contributed by atoms with Crippen molar-refractivity contribution in [2.24, 2.45) is 0 Å². The number of imidazole rings is 1. The Morgan fingerprint density at radius 3 is 2.70 bits per heavy atom. The lowest BCUT2D eigenvalue weighted by Gasteiger charge is -2.08. The van der Waals surface area contributed by atoms with Gasteiger partial charge in [-0.25, -0.2) is 4.98 Å². The lowest BCUT2D eigenvalue weighted by molar-refractivity contribution is 0.391. The molecule has 20 heavy (non-hydrogen) atoms. The van der Waals surface area contributed by atoms with E-state index in [1.165, 1.54) is 0 Å². The molecule has 0 aliphatic rings. The maximum Gasteiger partial charge on any atom is 0.208 e. The first-order valence-electron chi connectivity index (χ1n) is 6.50. The number of nitrogens with zero attached hydrogens (tertiary/aromatic N) is 3. The molecule has 0 unspecified atom stereocenters. The Labute approximate surface area is 117 Å². The molecule has 0 bridgehead atoms. The van der Waals surface area contributed by atoms with Crippen LogP contribution in [0.4, 0.5) is 5.95 Å². The zero-order chi connectivity index (χ0) is 13.9. The van der Waals surface area contributed by atoms with Gasteiger partial charge in [-0.05, 0) is 26.0 Å². The Morgan fingerprint density at radius 2 is 2.00 bits per heavy atom. The standard InChI is InChI=1S/C15H16N4O/c1-11-10-19(14-6-4-3-5-7-14)15(17-11)16-9-13-8-12(2)20-18-13/h3-8,10H,9H2,1-2H3,(H,16,17). The fraction of sp³-hybridized carbons (Fsp3) is 0.200. The smallest absolute Gasteiger partial charge is 0.208 e. The van der Waals surface area contributed by atoms with E-state index in [2.05, 4.69) is 15.5 Å². The molecule has 0 atom stereocenters. The molecule has 102 valence electrons. The first kappa shape index (κ1) is 12.5. The fourth-order valence-electron chi connectivity index (χ4n) is 2.08. The first-order valence-corrected chi connectivity index (χ1v) is 6.50. The van der Waals surface area contributed by atoms with Gasteiger partial charge in [0, 0.05) is 18.0 Å². The van der Waals surface area contributed by atoms with Gasteiger partial charge >= 0.3 is 0 Å². The van der Waals surface area contributed by atoms with Gasteiger partial charge in [0.15, 0.2) is 0 Å². The third-order valence-electron chi connectivity index (χ3n) is 2.97. The van der Waals surface area contributed by atoms with Crippen LogP contribution in [0.1, 0.15) is 17.1 Å². The van der Waals surface area contributed by atoms with Gasteiger partial charge in [0.2, 0.25) is 5.95 Å². The summed E-state index contributed by atoms with van der Waals surface area (Å²) < 4.78 is 7.09. The van der Waals surface area contributed by atoms with E-state index in [-0.39, 0.29) is 0 Å². The van der Waals surface area contributed by atoms with Gasteiger partial charge < -0.3 is 9.84 Å². The summed E-state index contributed by atoms with van der Waals surface area (Å²) in [6.45, 7) is 4.44. The molecular weight excluding hydrogens is 252 g/mol. The third-order valence-corrected chi connectivity index (χ3v) is 2.97. The summed E-state index contributed by atoms with van der Waals surface area (Å²) in [6.07, 6.45) is 2.01. The predicted molar refractivity (Wildman–Crippen MR) is 76.9 cm³/mol. The fourth-order valence-corrected chi connectivity index (χ4v) is 2.08. The molecule has 5 nitrogen and oxygen atoms in total. The summed E-state index contributed by atoms with van der Waals surface area (Å²) in [5.41, 5.74) is 2.90. The number of benzene rings is 1. The molecule has 3 aromatic rings. The van der Waals surface area contributed by atoms with Gasteiger partial charge in [0.1, 0.15) is 11.5 Å². The molecule has 0 saturated heterocycles. The molecule has 0 radical (unpaired) electrons. The van der Waals surface area contributed by atoms with Crippen LogP contribution in [0.3, 0.4) is 0 Å². The molecule has 1 N–H and O–H groups in total. The number of aryl methyl sites for hydroxylation is 2. The molecule has 0 spiro atoms. The summed E-state index contributed by atoms with van der Waals surface area (Å²) in [5.74, 6) is 1.61. The van der Waals surface area contributed by atoms with E-state index < -0.39 is 0 Å². The average Bonchev–Trinajstić information content (AvgIpc) is 3.03.